The highest BCUT2D eigenvalue weighted by Gasteiger charge is 2.48. The quantitative estimate of drug-likeness (QED) is 0.205. The average Bonchev–Trinajstić information content (AvgIpc) is 3.47. The summed E-state index contributed by atoms with van der Waals surface area (Å²) < 4.78 is 35.4. The van der Waals surface area contributed by atoms with Crippen molar-refractivity contribution in [1.82, 2.24) is 31.5 Å². The molecule has 10 nitrogen and oxygen atoms in total. The number of likely N-dealkylation sites (tertiary alicyclic amines) is 1. The van der Waals surface area contributed by atoms with Gasteiger partial charge in [0.1, 0.15) is 11.5 Å². The van der Waals surface area contributed by atoms with Crippen molar-refractivity contribution >= 4 is 46.8 Å². The van der Waals surface area contributed by atoms with Gasteiger partial charge < -0.3 is 30.3 Å². The number of thioether (sulfide) groups is 1. The number of rotatable bonds is 7. The molecule has 0 bridgehead atoms. The predicted molar refractivity (Wildman–Crippen MR) is 149 cm³/mol. The molecule has 0 aromatic heterocycles. The van der Waals surface area contributed by atoms with Crippen molar-refractivity contribution in [2.24, 2.45) is 17.8 Å². The lowest BCUT2D eigenvalue weighted by molar-refractivity contribution is -0.168. The molecule has 5 fully saturated rings. The first-order valence-corrected chi connectivity index (χ1v) is 15.9. The summed E-state index contributed by atoms with van der Waals surface area (Å²) in [6.07, 6.45) is 1.10. The minimum atomic E-state index is -2.87. The van der Waals surface area contributed by atoms with Crippen LogP contribution in [-0.2, 0) is 19.1 Å². The number of carbonyl (C=O) groups excluding carboxylic acids is 2. The minimum absolute atomic E-state index is 0.0106. The third kappa shape index (κ3) is 6.99. The molecule has 0 aromatic carbocycles. The van der Waals surface area contributed by atoms with Crippen molar-refractivity contribution in [3.8, 4) is 0 Å². The number of nitrogens with zero attached hydrogens (tertiary/aromatic N) is 1. The van der Waals surface area contributed by atoms with E-state index in [1.165, 1.54) is 0 Å². The lowest BCUT2D eigenvalue weighted by Gasteiger charge is -2.45. The van der Waals surface area contributed by atoms with E-state index < -0.39 is 24.1 Å². The smallest absolute Gasteiger partial charge is 0.345 e. The maximum Gasteiger partial charge on any atom is 0.345 e. The molecule has 12 atom stereocenters. The Kier molecular flexibility index (Phi) is 10.4. The largest absolute Gasteiger partial charge is 0.380 e. The summed E-state index contributed by atoms with van der Waals surface area (Å²) in [6.45, 7) is 1.73. The molecule has 12 unspecified atom stereocenters. The van der Waals surface area contributed by atoms with Crippen molar-refractivity contribution in [3.05, 3.63) is 0 Å². The monoisotopic (exact) mass is 628 g/mol. The molecule has 5 aliphatic heterocycles. The number of methoxy groups -OCH3 is 1. The molecule has 40 heavy (non-hydrogen) atoms. The highest BCUT2D eigenvalue weighted by Crippen LogP contribution is 2.38. The van der Waals surface area contributed by atoms with E-state index in [4.69, 9.17) is 27.9 Å². The van der Waals surface area contributed by atoms with Gasteiger partial charge in [0, 0.05) is 57.2 Å². The maximum atomic E-state index is 13.6. The van der Waals surface area contributed by atoms with Crippen molar-refractivity contribution in [3.63, 3.8) is 0 Å². The molecule has 0 spiro atoms. The number of ether oxygens (including phenoxy) is 2. The van der Waals surface area contributed by atoms with Crippen LogP contribution in [0, 0.1) is 17.8 Å². The Hall–Kier alpha value is -0.510. The molecule has 228 valence electrons. The van der Waals surface area contributed by atoms with Crippen molar-refractivity contribution in [1.29, 1.82) is 0 Å². The Morgan fingerprint density at radius 3 is 2.55 bits per heavy atom. The van der Waals surface area contributed by atoms with E-state index in [0.29, 0.717) is 32.2 Å². The minimum Gasteiger partial charge on any atom is -0.380 e. The molecule has 0 saturated carbocycles. The zero-order valence-corrected chi connectivity index (χ0v) is 25.0. The highest BCUT2D eigenvalue weighted by atomic mass is 35.5. The third-order valence-electron chi connectivity index (χ3n) is 9.02. The topological polar surface area (TPSA) is 116 Å². The molecule has 2 amide bonds. The van der Waals surface area contributed by atoms with Crippen molar-refractivity contribution < 1.29 is 27.8 Å². The number of halogens is 4. The summed E-state index contributed by atoms with van der Waals surface area (Å²) in [5.74, 6) is 0.0242. The fraction of sp³-hybridized carbons (Fsp3) is 0.920. The van der Waals surface area contributed by atoms with Gasteiger partial charge in [-0.15, -0.1) is 35.0 Å². The molecule has 5 aliphatic rings. The van der Waals surface area contributed by atoms with Crippen LogP contribution in [0.15, 0.2) is 0 Å². The summed E-state index contributed by atoms with van der Waals surface area (Å²) in [5.41, 5.74) is -0.375. The van der Waals surface area contributed by atoms with Gasteiger partial charge in [-0.2, -0.15) is 8.78 Å². The van der Waals surface area contributed by atoms with Crippen LogP contribution in [0.3, 0.4) is 0 Å². The molecule has 15 heteroatoms. The van der Waals surface area contributed by atoms with E-state index in [1.54, 1.807) is 23.8 Å². The van der Waals surface area contributed by atoms with Gasteiger partial charge in [-0.3, -0.25) is 20.2 Å². The maximum absolute atomic E-state index is 13.6. The fourth-order valence-corrected chi connectivity index (χ4v) is 9.09. The van der Waals surface area contributed by atoms with E-state index >= 15 is 0 Å². The molecular formula is C25H40Cl2F2N6O4S. The predicted octanol–water partition coefficient (Wildman–Crippen LogP) is 0.683. The summed E-state index contributed by atoms with van der Waals surface area (Å²) in [7, 11) is 1.72. The Morgan fingerprint density at radius 1 is 1.05 bits per heavy atom. The molecule has 0 aromatic rings. The van der Waals surface area contributed by atoms with Crippen LogP contribution >= 0.6 is 35.0 Å². The second-order valence-corrected chi connectivity index (χ2v) is 14.0. The van der Waals surface area contributed by atoms with Gasteiger partial charge in [-0.1, -0.05) is 0 Å². The first-order valence-electron chi connectivity index (χ1n) is 14.1. The van der Waals surface area contributed by atoms with E-state index in [2.05, 4.69) is 38.2 Å². The van der Waals surface area contributed by atoms with Gasteiger partial charge in [0.15, 0.2) is 0 Å². The molecule has 5 rings (SSSR count). The molecule has 0 aliphatic carbocycles. The van der Waals surface area contributed by atoms with Crippen molar-refractivity contribution in [2.75, 3.05) is 39.8 Å². The van der Waals surface area contributed by atoms with E-state index in [0.717, 1.165) is 12.8 Å². The third-order valence-corrected chi connectivity index (χ3v) is 11.1. The van der Waals surface area contributed by atoms with Crippen LogP contribution in [0.2, 0.25) is 0 Å². The van der Waals surface area contributed by atoms with Crippen LogP contribution in [0.4, 0.5) is 8.78 Å². The molecule has 0 radical (unpaired) electrons. The summed E-state index contributed by atoms with van der Waals surface area (Å²) in [6, 6.07) is -0.299. The van der Waals surface area contributed by atoms with E-state index in [9.17, 15) is 18.4 Å². The van der Waals surface area contributed by atoms with Gasteiger partial charge in [0.2, 0.25) is 11.8 Å². The van der Waals surface area contributed by atoms with E-state index in [-0.39, 0.29) is 70.9 Å². The number of alkyl halides is 4. The SMILES string of the molecule is COC1CNC(Cl)CC1C1CC(C)NCC1C(=O)NC1NC2CN(C(=O)C3NCC(OC(F)F)CC3Cl)CC2S1. The van der Waals surface area contributed by atoms with Crippen LogP contribution in [0.25, 0.3) is 0 Å². The number of nitrogens with one attached hydrogen (secondary N) is 5. The summed E-state index contributed by atoms with van der Waals surface area (Å²) >= 11 is 14.5. The molecule has 5 saturated heterocycles. The summed E-state index contributed by atoms with van der Waals surface area (Å²) in [4.78, 5) is 28.5. The lowest BCUT2D eigenvalue weighted by atomic mass is 9.70. The second-order valence-electron chi connectivity index (χ2n) is 11.6. The second kappa shape index (κ2) is 13.4. The average molecular weight is 630 g/mol. The first kappa shape index (κ1) is 30.9. The van der Waals surface area contributed by atoms with E-state index in [1.807, 2.05) is 0 Å². The number of carbonyl (C=O) groups is 2. The number of hydrogen-bond acceptors (Lipinski definition) is 9. The first-order chi connectivity index (χ1) is 19.1. The van der Waals surface area contributed by atoms with Crippen LogP contribution in [0.1, 0.15) is 26.2 Å². The van der Waals surface area contributed by atoms with Gasteiger partial charge in [0.05, 0.1) is 29.0 Å². The van der Waals surface area contributed by atoms with Crippen LogP contribution in [-0.4, -0.2) is 115 Å². The zero-order valence-electron chi connectivity index (χ0n) is 22.7. The standard InChI is InChI=1S/C25H40Cl2F2N6O4S/c1-11-3-13(14-5-20(27)31-8-18(14)38-2)15(7-30-11)22(36)34-25-33-17-9-35(10-19(17)40-25)23(37)21-16(26)4-12(6-32-21)39-24(28)29/h11-21,24-25,30-33H,3-10H2,1-2H3,(H,34,36). The van der Waals surface area contributed by atoms with Crippen LogP contribution in [0.5, 0.6) is 0 Å². The van der Waals surface area contributed by atoms with Gasteiger partial charge >= 0.3 is 6.61 Å². The number of hydrogen-bond donors (Lipinski definition) is 5. The van der Waals surface area contributed by atoms with Crippen LogP contribution < -0.4 is 26.6 Å². The number of piperidine rings is 3. The zero-order chi connectivity index (χ0) is 28.6. The summed E-state index contributed by atoms with van der Waals surface area (Å²) in [5, 5.41) is 15.9. The Morgan fingerprint density at radius 2 is 1.85 bits per heavy atom. The molecule has 5 N–H and O–H groups in total. The Balaban J connectivity index is 1.13. The normalized spacial score (nSPS) is 44.0. The van der Waals surface area contributed by atoms with Crippen molar-refractivity contribution in [2.45, 2.75) is 84.8 Å². The molecular weight excluding hydrogens is 589 g/mol. The highest BCUT2D eigenvalue weighted by molar-refractivity contribution is 8.00. The van der Waals surface area contributed by atoms with Gasteiger partial charge in [-0.05, 0) is 38.0 Å². The number of fused-ring (bicyclic) bond motifs is 1. The Labute approximate surface area is 248 Å². The van der Waals surface area contributed by atoms with Gasteiger partial charge in [-0.25, -0.2) is 0 Å². The molecule has 5 heterocycles. The Bertz CT molecular complexity index is 903. The van der Waals surface area contributed by atoms with Gasteiger partial charge in [0.25, 0.3) is 0 Å². The lowest BCUT2D eigenvalue weighted by Crippen LogP contribution is -2.58. The number of amides is 2. The fourth-order valence-electron chi connectivity index (χ4n) is 6.99.